The van der Waals surface area contributed by atoms with Gasteiger partial charge < -0.3 is 14.4 Å². The Morgan fingerprint density at radius 3 is 2.60 bits per heavy atom. The third-order valence-corrected chi connectivity index (χ3v) is 10.1. The number of piperidine rings is 1. The van der Waals surface area contributed by atoms with Crippen molar-refractivity contribution in [1.29, 1.82) is 0 Å². The molecule has 7 heteroatoms. The van der Waals surface area contributed by atoms with Crippen LogP contribution in [-0.2, 0) is 21.4 Å². The van der Waals surface area contributed by atoms with Gasteiger partial charge in [0.2, 0.25) is 5.91 Å². The maximum atomic E-state index is 13.5. The van der Waals surface area contributed by atoms with Gasteiger partial charge in [-0.1, -0.05) is 36.4 Å². The molecule has 1 amide bonds. The highest BCUT2D eigenvalue weighted by Gasteiger charge is 2.66. The number of benzene rings is 2. The first kappa shape index (κ1) is 27.0. The number of hydrogen-bond acceptors (Lipinski definition) is 6. The van der Waals surface area contributed by atoms with E-state index < -0.39 is 0 Å². The number of hydrogen-bond donors (Lipinski definition) is 0. The van der Waals surface area contributed by atoms with Crippen LogP contribution in [0.4, 0.5) is 0 Å². The number of ether oxygens (including phenoxy) is 2. The van der Waals surface area contributed by atoms with Gasteiger partial charge in [0.05, 0.1) is 19.7 Å². The van der Waals surface area contributed by atoms with E-state index in [9.17, 15) is 14.4 Å². The van der Waals surface area contributed by atoms with Crippen LogP contribution in [0.3, 0.4) is 0 Å². The minimum atomic E-state index is -0.172. The zero-order valence-electron chi connectivity index (χ0n) is 23.9. The highest BCUT2D eigenvalue weighted by molar-refractivity contribution is 5.96. The van der Waals surface area contributed by atoms with Crippen LogP contribution in [0.5, 0.6) is 11.5 Å². The number of ketones is 2. The predicted molar refractivity (Wildman–Crippen MR) is 152 cm³/mol. The molecule has 2 aromatic rings. The second-order valence-electron chi connectivity index (χ2n) is 12.2. The van der Waals surface area contributed by atoms with Gasteiger partial charge in [-0.05, 0) is 69.5 Å². The molecule has 2 bridgehead atoms. The van der Waals surface area contributed by atoms with Crippen molar-refractivity contribution >= 4 is 17.5 Å². The van der Waals surface area contributed by atoms with E-state index in [1.165, 1.54) is 11.1 Å². The zero-order valence-corrected chi connectivity index (χ0v) is 23.9. The summed E-state index contributed by atoms with van der Waals surface area (Å²) < 4.78 is 12.6. The first-order valence-corrected chi connectivity index (χ1v) is 14.8. The summed E-state index contributed by atoms with van der Waals surface area (Å²) in [6.07, 6.45) is 5.85. The molecule has 212 valence electrons. The quantitative estimate of drug-likeness (QED) is 0.322. The van der Waals surface area contributed by atoms with Gasteiger partial charge >= 0.3 is 0 Å². The summed E-state index contributed by atoms with van der Waals surface area (Å²) >= 11 is 0. The average molecular weight is 545 g/mol. The minimum Gasteiger partial charge on any atom is -0.493 e. The first-order valence-electron chi connectivity index (χ1n) is 14.8. The molecule has 1 saturated carbocycles. The van der Waals surface area contributed by atoms with E-state index in [0.717, 1.165) is 49.3 Å². The molecular formula is C33H40N2O5. The Bertz CT molecular complexity index is 1310. The molecule has 2 heterocycles. The smallest absolute Gasteiger partial charge is 0.222 e. The summed E-state index contributed by atoms with van der Waals surface area (Å²) in [4.78, 5) is 42.4. The van der Waals surface area contributed by atoms with Crippen LogP contribution in [-0.4, -0.2) is 72.7 Å². The Morgan fingerprint density at radius 1 is 1.07 bits per heavy atom. The molecule has 2 aromatic carbocycles. The molecule has 5 atom stereocenters. The van der Waals surface area contributed by atoms with Gasteiger partial charge in [-0.2, -0.15) is 0 Å². The van der Waals surface area contributed by atoms with E-state index in [-0.39, 0.29) is 35.0 Å². The summed E-state index contributed by atoms with van der Waals surface area (Å²) in [7, 11) is 3.62. The van der Waals surface area contributed by atoms with Crippen molar-refractivity contribution in [2.24, 2.45) is 5.92 Å². The third-order valence-electron chi connectivity index (χ3n) is 10.1. The highest BCUT2D eigenvalue weighted by Crippen LogP contribution is 2.64. The molecule has 0 radical (unpaired) electrons. The molecule has 0 unspecified atom stereocenters. The second kappa shape index (κ2) is 10.7. The van der Waals surface area contributed by atoms with Gasteiger partial charge in [0.15, 0.2) is 17.3 Å². The standard InChI is InChI=1S/C33H40N2O5/c1-21(36)20-35-18-17-33-24-14-15-25(32(33)40-31-28(39-3)16-13-23(30(31)33)19-26(24)35)34(2)29(38)12-8-7-11-27(37)22-9-5-4-6-10-22/h4-6,9-10,13,16,24-26,32H,7-8,11-12,14-15,17-20H2,1-3H3/t24-,25-,26+,32-,33-/m0/s1. The number of carbonyl (C=O) groups is 3. The van der Waals surface area contributed by atoms with Crippen molar-refractivity contribution in [1.82, 2.24) is 9.80 Å². The largest absolute Gasteiger partial charge is 0.493 e. The monoisotopic (exact) mass is 544 g/mol. The van der Waals surface area contributed by atoms with E-state index in [4.69, 9.17) is 9.47 Å². The molecule has 4 aliphatic rings. The third kappa shape index (κ3) is 4.33. The van der Waals surface area contributed by atoms with Crippen molar-refractivity contribution in [3.63, 3.8) is 0 Å². The Morgan fingerprint density at radius 2 is 1.85 bits per heavy atom. The van der Waals surface area contributed by atoms with Crippen LogP contribution in [0.1, 0.15) is 73.4 Å². The number of methoxy groups -OCH3 is 1. The molecule has 0 N–H and O–H groups in total. The number of Topliss-reactive ketones (excluding diaryl/α,β-unsaturated/α-hetero) is 2. The highest BCUT2D eigenvalue weighted by atomic mass is 16.5. The van der Waals surface area contributed by atoms with E-state index in [1.54, 1.807) is 14.0 Å². The van der Waals surface area contributed by atoms with Crippen LogP contribution in [0.15, 0.2) is 42.5 Å². The average Bonchev–Trinajstić information content (AvgIpc) is 3.31. The predicted octanol–water partition coefficient (Wildman–Crippen LogP) is 4.59. The summed E-state index contributed by atoms with van der Waals surface area (Å²) in [5.74, 6) is 2.46. The van der Waals surface area contributed by atoms with Gasteiger partial charge in [0.1, 0.15) is 11.9 Å². The van der Waals surface area contributed by atoms with Crippen LogP contribution in [0.2, 0.25) is 0 Å². The Hall–Kier alpha value is -3.19. The van der Waals surface area contributed by atoms with Gasteiger partial charge in [0, 0.05) is 42.5 Å². The fourth-order valence-electron chi connectivity index (χ4n) is 8.32. The fourth-order valence-corrected chi connectivity index (χ4v) is 8.32. The number of carbonyl (C=O) groups excluding carboxylic acids is 3. The normalized spacial score (nSPS) is 27.9. The van der Waals surface area contributed by atoms with Gasteiger partial charge in [-0.25, -0.2) is 0 Å². The van der Waals surface area contributed by atoms with Crippen molar-refractivity contribution in [3.8, 4) is 11.5 Å². The molecule has 1 spiro atoms. The fraction of sp³-hybridized carbons (Fsp3) is 0.545. The van der Waals surface area contributed by atoms with Crippen molar-refractivity contribution in [2.75, 3.05) is 27.2 Å². The zero-order chi connectivity index (χ0) is 28.0. The lowest BCUT2D eigenvalue weighted by molar-refractivity contribution is -0.141. The Balaban J connectivity index is 1.20. The van der Waals surface area contributed by atoms with E-state index in [0.29, 0.717) is 44.2 Å². The molecule has 0 aromatic heterocycles. The summed E-state index contributed by atoms with van der Waals surface area (Å²) in [5.41, 5.74) is 3.15. The molecule has 2 aliphatic heterocycles. The van der Waals surface area contributed by atoms with Gasteiger partial charge in [-0.3, -0.25) is 19.3 Å². The minimum absolute atomic E-state index is 0.0298. The van der Waals surface area contributed by atoms with Crippen LogP contribution in [0, 0.1) is 5.92 Å². The van der Waals surface area contributed by atoms with Crippen molar-refractivity contribution in [2.45, 2.75) is 81.9 Å². The van der Waals surface area contributed by atoms with Gasteiger partial charge in [-0.15, -0.1) is 0 Å². The maximum absolute atomic E-state index is 13.5. The number of unbranched alkanes of at least 4 members (excludes halogenated alkanes) is 1. The Kier molecular flexibility index (Phi) is 7.19. The van der Waals surface area contributed by atoms with Crippen LogP contribution < -0.4 is 9.47 Å². The van der Waals surface area contributed by atoms with E-state index >= 15 is 0 Å². The lowest BCUT2D eigenvalue weighted by Gasteiger charge is -2.60. The van der Waals surface area contributed by atoms with Crippen LogP contribution >= 0.6 is 0 Å². The summed E-state index contributed by atoms with van der Waals surface area (Å²) in [6.45, 7) is 3.03. The number of rotatable bonds is 10. The Labute approximate surface area is 236 Å². The lowest BCUT2D eigenvalue weighted by atomic mass is 9.51. The summed E-state index contributed by atoms with van der Waals surface area (Å²) in [6, 6.07) is 13.8. The lowest BCUT2D eigenvalue weighted by Crippen LogP contribution is -2.69. The number of amides is 1. The SMILES string of the molecule is COc1ccc2c3c1O[C@H]1[C@@H](N(C)C(=O)CCCCC(=O)c4ccccc4)CC[C@H]4[C@@H](C2)N(CC(C)=O)CC[C@@]341. The summed E-state index contributed by atoms with van der Waals surface area (Å²) in [5, 5.41) is 0. The van der Waals surface area contributed by atoms with Crippen LogP contribution in [0.25, 0.3) is 0 Å². The number of likely N-dealkylation sites (N-methyl/N-ethyl adjacent to an activating group) is 1. The van der Waals surface area contributed by atoms with E-state index in [2.05, 4.69) is 11.0 Å². The molecule has 6 rings (SSSR count). The molecule has 2 fully saturated rings. The number of likely N-dealkylation sites (tertiary alicyclic amines) is 1. The topological polar surface area (TPSA) is 76.2 Å². The molecule has 40 heavy (non-hydrogen) atoms. The molecular weight excluding hydrogens is 504 g/mol. The van der Waals surface area contributed by atoms with E-state index in [1.807, 2.05) is 48.3 Å². The second-order valence-corrected chi connectivity index (χ2v) is 12.2. The van der Waals surface area contributed by atoms with Crippen molar-refractivity contribution < 1.29 is 23.9 Å². The maximum Gasteiger partial charge on any atom is 0.222 e. The molecule has 2 aliphatic carbocycles. The van der Waals surface area contributed by atoms with Gasteiger partial charge in [0.25, 0.3) is 0 Å². The molecule has 7 nitrogen and oxygen atoms in total. The molecule has 1 saturated heterocycles. The number of nitrogens with zero attached hydrogens (tertiary/aromatic N) is 2. The van der Waals surface area contributed by atoms with Crippen molar-refractivity contribution in [3.05, 3.63) is 59.2 Å². The first-order chi connectivity index (χ1) is 19.3.